The van der Waals surface area contributed by atoms with Crippen LogP contribution >= 0.6 is 0 Å². The number of ether oxygens (including phenoxy) is 2. The number of hydrogen-bond donors (Lipinski definition) is 0. The Labute approximate surface area is 163 Å². The van der Waals surface area contributed by atoms with Gasteiger partial charge in [0.05, 0.1) is 25.2 Å². The zero-order valence-corrected chi connectivity index (χ0v) is 15.6. The fourth-order valence-electron chi connectivity index (χ4n) is 2.78. The van der Waals surface area contributed by atoms with E-state index >= 15 is 0 Å². The van der Waals surface area contributed by atoms with Crippen molar-refractivity contribution in [1.82, 2.24) is 0 Å². The van der Waals surface area contributed by atoms with Crippen LogP contribution in [0.15, 0.2) is 77.8 Å². The first-order chi connectivity index (χ1) is 13.6. The normalized spacial score (nSPS) is 11.0. The predicted octanol–water partition coefficient (Wildman–Crippen LogP) is 4.82. The standard InChI is InChI=1S/C22H20N2O4/c1-27-20-11-5-17(6-12-20)22(18-7-13-21(28-2)14-8-18)23-15-16-3-9-19(10-4-16)24(25)26/h3-15,22H,1-2H3. The minimum absolute atomic E-state index is 0.0546. The van der Waals surface area contributed by atoms with Gasteiger partial charge in [0.15, 0.2) is 0 Å². The number of nitrogens with zero attached hydrogens (tertiary/aromatic N) is 2. The van der Waals surface area contributed by atoms with Gasteiger partial charge < -0.3 is 9.47 Å². The van der Waals surface area contributed by atoms with Crippen LogP contribution in [0, 0.1) is 10.1 Å². The van der Waals surface area contributed by atoms with Crippen LogP contribution in [0.2, 0.25) is 0 Å². The van der Waals surface area contributed by atoms with Crippen LogP contribution < -0.4 is 9.47 Å². The predicted molar refractivity (Wildman–Crippen MR) is 109 cm³/mol. The Morgan fingerprint density at radius 2 is 1.29 bits per heavy atom. The molecule has 0 aliphatic heterocycles. The second-order valence-electron chi connectivity index (χ2n) is 6.08. The van der Waals surface area contributed by atoms with Crippen LogP contribution in [0.5, 0.6) is 11.5 Å². The van der Waals surface area contributed by atoms with Gasteiger partial charge in [0.25, 0.3) is 5.69 Å². The first kappa shape index (κ1) is 19.1. The Kier molecular flexibility index (Phi) is 6.01. The van der Waals surface area contributed by atoms with Gasteiger partial charge in [0, 0.05) is 18.3 Å². The molecule has 3 aromatic rings. The van der Waals surface area contributed by atoms with E-state index in [1.165, 1.54) is 12.1 Å². The molecule has 0 heterocycles. The highest BCUT2D eigenvalue weighted by molar-refractivity contribution is 5.80. The minimum atomic E-state index is -0.418. The van der Waals surface area contributed by atoms with Crippen LogP contribution in [0.3, 0.4) is 0 Å². The largest absolute Gasteiger partial charge is 0.497 e. The molecule has 0 bridgehead atoms. The van der Waals surface area contributed by atoms with Crippen molar-refractivity contribution in [3.8, 4) is 11.5 Å². The van der Waals surface area contributed by atoms with E-state index < -0.39 is 4.92 Å². The molecule has 0 amide bonds. The molecule has 0 saturated carbocycles. The number of hydrogen-bond acceptors (Lipinski definition) is 5. The number of non-ortho nitro benzene ring substituents is 1. The summed E-state index contributed by atoms with van der Waals surface area (Å²) in [5.41, 5.74) is 2.85. The molecule has 0 radical (unpaired) electrons. The van der Waals surface area contributed by atoms with E-state index in [0.29, 0.717) is 0 Å². The van der Waals surface area contributed by atoms with Gasteiger partial charge in [0.2, 0.25) is 0 Å². The Hall–Kier alpha value is -3.67. The number of aliphatic imine (C=N–C) groups is 1. The second kappa shape index (κ2) is 8.81. The van der Waals surface area contributed by atoms with Gasteiger partial charge >= 0.3 is 0 Å². The summed E-state index contributed by atoms with van der Waals surface area (Å²) in [6.07, 6.45) is 1.73. The molecule has 0 aliphatic rings. The summed E-state index contributed by atoms with van der Waals surface area (Å²) in [5.74, 6) is 1.55. The smallest absolute Gasteiger partial charge is 0.269 e. The lowest BCUT2D eigenvalue weighted by molar-refractivity contribution is -0.384. The van der Waals surface area contributed by atoms with Gasteiger partial charge in [-0.15, -0.1) is 0 Å². The third-order valence-corrected chi connectivity index (χ3v) is 4.34. The first-order valence-electron chi connectivity index (χ1n) is 8.66. The van der Waals surface area contributed by atoms with Crippen molar-refractivity contribution >= 4 is 11.9 Å². The molecular weight excluding hydrogens is 356 g/mol. The van der Waals surface area contributed by atoms with Crippen molar-refractivity contribution in [3.05, 3.63) is 99.6 Å². The maximum atomic E-state index is 10.8. The summed E-state index contributed by atoms with van der Waals surface area (Å²) >= 11 is 0. The van der Waals surface area contributed by atoms with E-state index in [9.17, 15) is 10.1 Å². The Morgan fingerprint density at radius 3 is 1.68 bits per heavy atom. The molecule has 6 nitrogen and oxygen atoms in total. The fraction of sp³-hybridized carbons (Fsp3) is 0.136. The molecule has 0 atom stereocenters. The second-order valence-corrected chi connectivity index (χ2v) is 6.08. The summed E-state index contributed by atoms with van der Waals surface area (Å²) in [6, 6.07) is 21.5. The molecular formula is C22H20N2O4. The minimum Gasteiger partial charge on any atom is -0.497 e. The molecule has 0 fully saturated rings. The summed E-state index contributed by atoms with van der Waals surface area (Å²) in [4.78, 5) is 15.1. The maximum absolute atomic E-state index is 10.8. The van der Waals surface area contributed by atoms with E-state index in [4.69, 9.17) is 14.5 Å². The molecule has 3 aromatic carbocycles. The van der Waals surface area contributed by atoms with E-state index in [2.05, 4.69) is 0 Å². The summed E-state index contributed by atoms with van der Waals surface area (Å²) in [6.45, 7) is 0. The van der Waals surface area contributed by atoms with Crippen molar-refractivity contribution in [2.75, 3.05) is 14.2 Å². The average molecular weight is 376 g/mol. The topological polar surface area (TPSA) is 74.0 Å². The van der Waals surface area contributed by atoms with Crippen molar-refractivity contribution in [1.29, 1.82) is 0 Å². The molecule has 6 heteroatoms. The Morgan fingerprint density at radius 1 is 0.821 bits per heavy atom. The van der Waals surface area contributed by atoms with Gasteiger partial charge in [-0.05, 0) is 53.1 Å². The molecule has 0 aliphatic carbocycles. The van der Waals surface area contributed by atoms with Gasteiger partial charge in [-0.25, -0.2) is 0 Å². The van der Waals surface area contributed by atoms with E-state index in [1.807, 2.05) is 48.5 Å². The number of rotatable bonds is 7. The average Bonchev–Trinajstić information content (AvgIpc) is 2.75. The van der Waals surface area contributed by atoms with Gasteiger partial charge in [0.1, 0.15) is 11.5 Å². The molecule has 3 rings (SSSR count). The lowest BCUT2D eigenvalue weighted by atomic mass is 9.99. The number of benzene rings is 3. The summed E-state index contributed by atoms with van der Waals surface area (Å²) in [7, 11) is 3.26. The van der Waals surface area contributed by atoms with Crippen LogP contribution in [0.4, 0.5) is 5.69 Å². The van der Waals surface area contributed by atoms with E-state index in [0.717, 1.165) is 28.2 Å². The molecule has 0 N–H and O–H groups in total. The molecule has 142 valence electrons. The molecule has 28 heavy (non-hydrogen) atoms. The number of nitro groups is 1. The summed E-state index contributed by atoms with van der Waals surface area (Å²) < 4.78 is 10.5. The Balaban J connectivity index is 1.93. The molecule has 0 aromatic heterocycles. The number of nitro benzene ring substituents is 1. The van der Waals surface area contributed by atoms with Crippen molar-refractivity contribution in [2.24, 2.45) is 4.99 Å². The van der Waals surface area contributed by atoms with Crippen molar-refractivity contribution in [2.45, 2.75) is 6.04 Å². The number of methoxy groups -OCH3 is 2. The fourth-order valence-corrected chi connectivity index (χ4v) is 2.78. The van der Waals surface area contributed by atoms with Crippen LogP contribution in [0.25, 0.3) is 0 Å². The summed E-state index contributed by atoms with van der Waals surface area (Å²) in [5, 5.41) is 10.8. The van der Waals surface area contributed by atoms with Gasteiger partial charge in [-0.3, -0.25) is 15.1 Å². The van der Waals surface area contributed by atoms with Crippen molar-refractivity contribution < 1.29 is 14.4 Å². The zero-order valence-electron chi connectivity index (χ0n) is 15.6. The van der Waals surface area contributed by atoms with E-state index in [-0.39, 0.29) is 11.7 Å². The van der Waals surface area contributed by atoms with Crippen molar-refractivity contribution in [3.63, 3.8) is 0 Å². The van der Waals surface area contributed by atoms with Crippen LogP contribution in [0.1, 0.15) is 22.7 Å². The Bertz CT molecular complexity index is 902. The van der Waals surface area contributed by atoms with Gasteiger partial charge in [-0.1, -0.05) is 24.3 Å². The zero-order chi connectivity index (χ0) is 19.9. The highest BCUT2D eigenvalue weighted by Gasteiger charge is 2.13. The third kappa shape index (κ3) is 4.54. The van der Waals surface area contributed by atoms with E-state index in [1.54, 1.807) is 32.6 Å². The SMILES string of the molecule is COc1ccc(C(N=Cc2ccc([N+](=O)[O-])cc2)c2ccc(OC)cc2)cc1. The first-order valence-corrected chi connectivity index (χ1v) is 8.66. The quantitative estimate of drug-likeness (QED) is 0.337. The lowest BCUT2D eigenvalue weighted by Crippen LogP contribution is -2.00. The van der Waals surface area contributed by atoms with Crippen LogP contribution in [-0.4, -0.2) is 25.4 Å². The molecule has 0 unspecified atom stereocenters. The molecule has 0 spiro atoms. The van der Waals surface area contributed by atoms with Gasteiger partial charge in [-0.2, -0.15) is 0 Å². The van der Waals surface area contributed by atoms with Crippen LogP contribution in [-0.2, 0) is 0 Å². The monoisotopic (exact) mass is 376 g/mol. The highest BCUT2D eigenvalue weighted by atomic mass is 16.6. The lowest BCUT2D eigenvalue weighted by Gasteiger charge is -2.15. The highest BCUT2D eigenvalue weighted by Crippen LogP contribution is 2.29. The molecule has 0 saturated heterocycles. The maximum Gasteiger partial charge on any atom is 0.269 e. The third-order valence-electron chi connectivity index (χ3n) is 4.34.